The summed E-state index contributed by atoms with van der Waals surface area (Å²) in [6, 6.07) is 5.22. The fourth-order valence-electron chi connectivity index (χ4n) is 1.54. The number of ether oxygens (including phenoxy) is 1. The van der Waals surface area contributed by atoms with Crippen molar-refractivity contribution in [1.82, 2.24) is 4.98 Å². The van der Waals surface area contributed by atoms with Crippen LogP contribution in [-0.2, 0) is 0 Å². The predicted octanol–water partition coefficient (Wildman–Crippen LogP) is 3.51. The summed E-state index contributed by atoms with van der Waals surface area (Å²) < 4.78 is 41.3. The first-order valence-electron chi connectivity index (χ1n) is 5.55. The molecule has 4 N–H and O–H groups in total. The summed E-state index contributed by atoms with van der Waals surface area (Å²) in [7, 11) is 0. The Balaban J connectivity index is 2.25. The van der Waals surface area contributed by atoms with Gasteiger partial charge in [0.15, 0.2) is 5.75 Å². The van der Waals surface area contributed by atoms with Gasteiger partial charge >= 0.3 is 6.36 Å². The molecule has 2 rings (SSSR count). The van der Waals surface area contributed by atoms with Gasteiger partial charge in [0, 0.05) is 16.4 Å². The maximum atomic E-state index is 12.3. The third-order valence-electron chi connectivity index (χ3n) is 2.37. The Hall–Kier alpha value is -2.16. The summed E-state index contributed by atoms with van der Waals surface area (Å²) in [6.07, 6.45) is -3.47. The number of halogens is 4. The number of carbonyl (C=O) groups excluding carboxylic acids is 1. The number of nitrogen functional groups attached to an aromatic ring is 1. The van der Waals surface area contributed by atoms with Crippen molar-refractivity contribution >= 4 is 33.2 Å². The van der Waals surface area contributed by atoms with Gasteiger partial charge < -0.3 is 20.8 Å². The number of anilines is 2. The topological polar surface area (TPSA) is 80.1 Å². The number of alkyl halides is 3. The van der Waals surface area contributed by atoms with E-state index >= 15 is 0 Å². The number of rotatable bonds is 3. The van der Waals surface area contributed by atoms with E-state index in [2.05, 4.69) is 31.0 Å². The normalized spacial score (nSPS) is 11.2. The molecule has 0 aliphatic heterocycles. The number of nitrogens with two attached hydrogens (primary N) is 1. The monoisotopic (exact) mass is 363 g/mol. The molecule has 0 bridgehead atoms. The van der Waals surface area contributed by atoms with Crippen molar-refractivity contribution in [3.8, 4) is 5.75 Å². The maximum Gasteiger partial charge on any atom is 0.573 e. The predicted molar refractivity (Wildman–Crippen MR) is 74.0 cm³/mol. The van der Waals surface area contributed by atoms with E-state index in [4.69, 9.17) is 5.73 Å². The molecule has 0 saturated carbocycles. The van der Waals surface area contributed by atoms with E-state index in [1.165, 1.54) is 24.4 Å². The molecule has 0 spiro atoms. The highest BCUT2D eigenvalue weighted by Gasteiger charge is 2.32. The van der Waals surface area contributed by atoms with Crippen LogP contribution in [-0.4, -0.2) is 17.3 Å². The van der Waals surface area contributed by atoms with Gasteiger partial charge in [-0.3, -0.25) is 4.79 Å². The van der Waals surface area contributed by atoms with Gasteiger partial charge in [-0.15, -0.1) is 13.2 Å². The number of nitrogens with one attached hydrogen (secondary N) is 2. The Morgan fingerprint density at radius 2 is 2.05 bits per heavy atom. The van der Waals surface area contributed by atoms with Crippen LogP contribution in [0.25, 0.3) is 0 Å². The molecule has 0 radical (unpaired) electrons. The van der Waals surface area contributed by atoms with Crippen molar-refractivity contribution in [2.75, 3.05) is 11.1 Å². The van der Waals surface area contributed by atoms with E-state index < -0.39 is 18.0 Å². The zero-order valence-corrected chi connectivity index (χ0v) is 11.9. The van der Waals surface area contributed by atoms with Gasteiger partial charge in [0.05, 0.1) is 5.69 Å². The lowest BCUT2D eigenvalue weighted by Crippen LogP contribution is -2.19. The zero-order valence-electron chi connectivity index (χ0n) is 10.3. The molecule has 112 valence electrons. The van der Waals surface area contributed by atoms with Crippen LogP contribution in [0, 0.1) is 0 Å². The molecule has 21 heavy (non-hydrogen) atoms. The molecule has 0 aliphatic rings. The molecule has 1 aromatic carbocycles. The lowest BCUT2D eigenvalue weighted by atomic mass is 10.2. The number of H-pyrrole nitrogens is 1. The van der Waals surface area contributed by atoms with E-state index in [1.807, 2.05) is 0 Å². The maximum absolute atomic E-state index is 12.3. The van der Waals surface area contributed by atoms with Gasteiger partial charge in [-0.05, 0) is 24.3 Å². The van der Waals surface area contributed by atoms with Crippen LogP contribution in [0.3, 0.4) is 0 Å². The highest BCUT2D eigenvalue weighted by molar-refractivity contribution is 9.10. The Bertz CT molecular complexity index is 670. The molecule has 0 aliphatic carbocycles. The summed E-state index contributed by atoms with van der Waals surface area (Å²) in [5.41, 5.74) is 5.79. The van der Waals surface area contributed by atoms with Gasteiger partial charge in [0.25, 0.3) is 5.91 Å². The number of aromatic amines is 1. The first kappa shape index (κ1) is 15.2. The highest BCUT2D eigenvalue weighted by Crippen LogP contribution is 2.33. The SMILES string of the molecule is Nc1c[nH]c(C(=O)Nc2ccc(Br)cc2OC(F)(F)F)c1. The lowest BCUT2D eigenvalue weighted by Gasteiger charge is -2.14. The zero-order chi connectivity index (χ0) is 15.6. The largest absolute Gasteiger partial charge is 0.573 e. The fraction of sp³-hybridized carbons (Fsp3) is 0.0833. The third-order valence-corrected chi connectivity index (χ3v) is 2.86. The number of amides is 1. The molecule has 5 nitrogen and oxygen atoms in total. The molecular formula is C12H9BrF3N3O2. The van der Waals surface area contributed by atoms with Crippen molar-refractivity contribution in [1.29, 1.82) is 0 Å². The van der Waals surface area contributed by atoms with Crippen LogP contribution < -0.4 is 15.8 Å². The van der Waals surface area contributed by atoms with Crippen LogP contribution in [0.15, 0.2) is 34.9 Å². The second-order valence-electron chi connectivity index (χ2n) is 3.99. The minimum Gasteiger partial charge on any atom is -0.404 e. The molecule has 1 aromatic heterocycles. The molecule has 0 fully saturated rings. The molecule has 0 atom stereocenters. The van der Waals surface area contributed by atoms with Crippen molar-refractivity contribution in [3.63, 3.8) is 0 Å². The molecule has 1 heterocycles. The third kappa shape index (κ3) is 4.15. The molecular weight excluding hydrogens is 355 g/mol. The first-order chi connectivity index (χ1) is 9.74. The lowest BCUT2D eigenvalue weighted by molar-refractivity contribution is -0.274. The molecule has 2 aromatic rings. The van der Waals surface area contributed by atoms with E-state index in [0.717, 1.165) is 6.07 Å². The van der Waals surface area contributed by atoms with E-state index in [9.17, 15) is 18.0 Å². The van der Waals surface area contributed by atoms with Crippen LogP contribution in [0.4, 0.5) is 24.5 Å². The average Bonchev–Trinajstić information content (AvgIpc) is 2.77. The van der Waals surface area contributed by atoms with E-state index in [-0.39, 0.29) is 11.4 Å². The highest BCUT2D eigenvalue weighted by atomic mass is 79.9. The quantitative estimate of drug-likeness (QED) is 0.780. The second kappa shape index (κ2) is 5.68. The minimum absolute atomic E-state index is 0.117. The number of benzene rings is 1. The van der Waals surface area contributed by atoms with Crippen molar-refractivity contribution in [2.45, 2.75) is 6.36 Å². The van der Waals surface area contributed by atoms with Gasteiger partial charge in [-0.1, -0.05) is 15.9 Å². The molecule has 0 saturated heterocycles. The Kier molecular flexibility index (Phi) is 4.12. The van der Waals surface area contributed by atoms with Crippen LogP contribution >= 0.6 is 15.9 Å². The van der Waals surface area contributed by atoms with Gasteiger partial charge in [-0.2, -0.15) is 0 Å². The minimum atomic E-state index is -4.86. The van der Waals surface area contributed by atoms with Crippen LogP contribution in [0.5, 0.6) is 5.75 Å². The van der Waals surface area contributed by atoms with Crippen molar-refractivity contribution in [2.24, 2.45) is 0 Å². The van der Waals surface area contributed by atoms with Crippen LogP contribution in [0.2, 0.25) is 0 Å². The molecule has 0 unspecified atom stereocenters. The van der Waals surface area contributed by atoms with E-state index in [1.54, 1.807) is 0 Å². The number of hydrogen-bond donors (Lipinski definition) is 3. The standard InChI is InChI=1S/C12H9BrF3N3O2/c13-6-1-2-8(10(3-6)21-12(14,15)16)19-11(20)9-4-7(17)5-18-9/h1-5,18H,17H2,(H,19,20). The number of hydrogen-bond acceptors (Lipinski definition) is 3. The summed E-state index contributed by atoms with van der Waals surface area (Å²) in [5.74, 6) is -1.16. The molecule has 1 amide bonds. The summed E-state index contributed by atoms with van der Waals surface area (Å²) >= 11 is 3.04. The Morgan fingerprint density at radius 3 is 2.62 bits per heavy atom. The number of carbonyl (C=O) groups is 1. The Labute approximate surface area is 125 Å². The second-order valence-corrected chi connectivity index (χ2v) is 4.90. The summed E-state index contributed by atoms with van der Waals surface area (Å²) in [5, 5.41) is 2.32. The number of aromatic nitrogens is 1. The van der Waals surface area contributed by atoms with Gasteiger partial charge in [0.2, 0.25) is 0 Å². The van der Waals surface area contributed by atoms with Gasteiger partial charge in [0.1, 0.15) is 5.69 Å². The summed E-state index contributed by atoms with van der Waals surface area (Å²) in [4.78, 5) is 14.5. The van der Waals surface area contributed by atoms with Crippen molar-refractivity contribution in [3.05, 3.63) is 40.6 Å². The smallest absolute Gasteiger partial charge is 0.404 e. The van der Waals surface area contributed by atoms with E-state index in [0.29, 0.717) is 10.2 Å². The Morgan fingerprint density at radius 1 is 1.33 bits per heavy atom. The average molecular weight is 364 g/mol. The first-order valence-corrected chi connectivity index (χ1v) is 6.34. The van der Waals surface area contributed by atoms with Crippen molar-refractivity contribution < 1.29 is 22.7 Å². The fourth-order valence-corrected chi connectivity index (χ4v) is 1.88. The van der Waals surface area contributed by atoms with Crippen LogP contribution in [0.1, 0.15) is 10.5 Å². The summed E-state index contributed by atoms with van der Waals surface area (Å²) in [6.45, 7) is 0. The van der Waals surface area contributed by atoms with Gasteiger partial charge in [-0.25, -0.2) is 0 Å². The molecule has 9 heteroatoms.